The summed E-state index contributed by atoms with van der Waals surface area (Å²) in [6.07, 6.45) is 4.01. The number of amides is 2. The molecule has 1 aliphatic heterocycles. The zero-order valence-electron chi connectivity index (χ0n) is 15.2. The number of piperidine rings is 1. The van der Waals surface area contributed by atoms with Gasteiger partial charge in [0.2, 0.25) is 5.91 Å². The van der Waals surface area contributed by atoms with Crippen LogP contribution in [0.1, 0.15) is 37.2 Å². The number of anilines is 3. The van der Waals surface area contributed by atoms with E-state index in [2.05, 4.69) is 27.4 Å². The van der Waals surface area contributed by atoms with E-state index in [0.717, 1.165) is 24.7 Å². The molecule has 2 N–H and O–H groups in total. The number of hydrogen-bond donors (Lipinski definition) is 2. The summed E-state index contributed by atoms with van der Waals surface area (Å²) < 4.78 is 0. The van der Waals surface area contributed by atoms with Crippen molar-refractivity contribution in [2.45, 2.75) is 26.7 Å². The standard InChI is InChI=1S/C20H24N4O2/c1-14-7-10-24(11-8-14)18-6-9-21-19(13-18)20(26)23-17-5-3-4-16(12-17)22-15(2)25/h3-6,9,12-14H,7-8,10-11H2,1-2H3,(H,22,25)(H,23,26). The average molecular weight is 352 g/mol. The van der Waals surface area contributed by atoms with Crippen LogP contribution in [0.2, 0.25) is 0 Å². The second-order valence-electron chi connectivity index (χ2n) is 6.78. The Kier molecular flexibility index (Phi) is 5.51. The van der Waals surface area contributed by atoms with E-state index >= 15 is 0 Å². The Bertz CT molecular complexity index is 798. The van der Waals surface area contributed by atoms with Crippen LogP contribution in [0.4, 0.5) is 17.1 Å². The highest BCUT2D eigenvalue weighted by molar-refractivity contribution is 6.03. The summed E-state index contributed by atoms with van der Waals surface area (Å²) in [6.45, 7) is 5.73. The molecular weight excluding hydrogens is 328 g/mol. The van der Waals surface area contributed by atoms with Crippen LogP contribution in [0, 0.1) is 5.92 Å². The third kappa shape index (κ3) is 4.59. The molecule has 0 aliphatic carbocycles. The largest absolute Gasteiger partial charge is 0.371 e. The molecule has 1 aromatic heterocycles. The number of aromatic nitrogens is 1. The molecule has 26 heavy (non-hydrogen) atoms. The molecule has 0 spiro atoms. The minimum atomic E-state index is -0.266. The molecule has 3 rings (SSSR count). The normalized spacial score (nSPS) is 14.8. The molecule has 0 radical (unpaired) electrons. The molecule has 1 fully saturated rings. The molecule has 6 nitrogen and oxygen atoms in total. The zero-order valence-corrected chi connectivity index (χ0v) is 15.2. The van der Waals surface area contributed by atoms with E-state index in [4.69, 9.17) is 0 Å². The first kappa shape index (κ1) is 17.9. The first-order valence-corrected chi connectivity index (χ1v) is 8.91. The molecule has 1 aromatic carbocycles. The van der Waals surface area contributed by atoms with Crippen molar-refractivity contribution < 1.29 is 9.59 Å². The fourth-order valence-corrected chi connectivity index (χ4v) is 3.08. The van der Waals surface area contributed by atoms with Gasteiger partial charge in [-0.05, 0) is 49.1 Å². The van der Waals surface area contributed by atoms with Crippen LogP contribution < -0.4 is 15.5 Å². The fourth-order valence-electron chi connectivity index (χ4n) is 3.08. The molecule has 1 aliphatic rings. The predicted octanol–water partition coefficient (Wildman–Crippen LogP) is 3.53. The van der Waals surface area contributed by atoms with Crippen molar-refractivity contribution in [1.29, 1.82) is 0 Å². The van der Waals surface area contributed by atoms with Gasteiger partial charge in [0, 0.05) is 43.3 Å². The van der Waals surface area contributed by atoms with Crippen molar-refractivity contribution in [2.75, 3.05) is 28.6 Å². The topological polar surface area (TPSA) is 74.3 Å². The molecule has 6 heteroatoms. The molecule has 2 aromatic rings. The summed E-state index contributed by atoms with van der Waals surface area (Å²) in [4.78, 5) is 30.2. The first-order valence-electron chi connectivity index (χ1n) is 8.91. The van der Waals surface area contributed by atoms with Gasteiger partial charge in [-0.3, -0.25) is 14.6 Å². The molecule has 0 saturated carbocycles. The van der Waals surface area contributed by atoms with Crippen LogP contribution in [-0.2, 0) is 4.79 Å². The van der Waals surface area contributed by atoms with E-state index in [-0.39, 0.29) is 11.8 Å². The Labute approximate surface area is 153 Å². The SMILES string of the molecule is CC(=O)Nc1cccc(NC(=O)c2cc(N3CCC(C)CC3)ccn2)c1. The Hall–Kier alpha value is -2.89. The molecule has 1 saturated heterocycles. The monoisotopic (exact) mass is 352 g/mol. The van der Waals surface area contributed by atoms with Gasteiger partial charge in [0.25, 0.3) is 5.91 Å². The molecule has 2 heterocycles. The average Bonchev–Trinajstić information content (AvgIpc) is 2.62. The minimum Gasteiger partial charge on any atom is -0.371 e. The van der Waals surface area contributed by atoms with Gasteiger partial charge >= 0.3 is 0 Å². The van der Waals surface area contributed by atoms with E-state index in [1.165, 1.54) is 19.8 Å². The van der Waals surface area contributed by atoms with Gasteiger partial charge in [-0.25, -0.2) is 0 Å². The number of nitrogens with zero attached hydrogens (tertiary/aromatic N) is 2. The van der Waals surface area contributed by atoms with Crippen molar-refractivity contribution in [1.82, 2.24) is 4.98 Å². The summed E-state index contributed by atoms with van der Waals surface area (Å²) >= 11 is 0. The van der Waals surface area contributed by atoms with Crippen molar-refractivity contribution in [3.05, 3.63) is 48.3 Å². The second-order valence-corrected chi connectivity index (χ2v) is 6.78. The Balaban J connectivity index is 1.70. The number of hydrogen-bond acceptors (Lipinski definition) is 4. The smallest absolute Gasteiger partial charge is 0.274 e. The van der Waals surface area contributed by atoms with Gasteiger partial charge in [-0.15, -0.1) is 0 Å². The fraction of sp³-hybridized carbons (Fsp3) is 0.350. The molecular formula is C20H24N4O2. The number of rotatable bonds is 4. The highest BCUT2D eigenvalue weighted by atomic mass is 16.2. The summed E-state index contributed by atoms with van der Waals surface area (Å²) in [7, 11) is 0. The van der Waals surface area contributed by atoms with Crippen LogP contribution in [0.3, 0.4) is 0 Å². The van der Waals surface area contributed by atoms with Gasteiger partial charge in [0.1, 0.15) is 5.69 Å². The van der Waals surface area contributed by atoms with Crippen LogP contribution in [-0.4, -0.2) is 29.9 Å². The van der Waals surface area contributed by atoms with Crippen LogP contribution in [0.5, 0.6) is 0 Å². The highest BCUT2D eigenvalue weighted by Gasteiger charge is 2.17. The van der Waals surface area contributed by atoms with Gasteiger partial charge in [-0.1, -0.05) is 13.0 Å². The van der Waals surface area contributed by atoms with Gasteiger partial charge in [0.15, 0.2) is 0 Å². The van der Waals surface area contributed by atoms with E-state index in [0.29, 0.717) is 17.1 Å². The van der Waals surface area contributed by atoms with Crippen LogP contribution in [0.15, 0.2) is 42.6 Å². The molecule has 0 bridgehead atoms. The lowest BCUT2D eigenvalue weighted by molar-refractivity contribution is -0.114. The molecule has 0 unspecified atom stereocenters. The molecule has 0 atom stereocenters. The summed E-state index contributed by atoms with van der Waals surface area (Å²) in [6, 6.07) is 10.8. The number of benzene rings is 1. The first-order chi connectivity index (χ1) is 12.5. The Morgan fingerprint density at radius 3 is 2.46 bits per heavy atom. The van der Waals surface area contributed by atoms with E-state index in [9.17, 15) is 9.59 Å². The minimum absolute atomic E-state index is 0.154. The van der Waals surface area contributed by atoms with Crippen LogP contribution in [0.25, 0.3) is 0 Å². The lowest BCUT2D eigenvalue weighted by Gasteiger charge is -2.32. The third-order valence-electron chi connectivity index (χ3n) is 4.57. The number of carbonyl (C=O) groups excluding carboxylic acids is 2. The van der Waals surface area contributed by atoms with Gasteiger partial charge < -0.3 is 15.5 Å². The number of pyridine rings is 1. The zero-order chi connectivity index (χ0) is 18.5. The predicted molar refractivity (Wildman–Crippen MR) is 104 cm³/mol. The summed E-state index contributed by atoms with van der Waals surface area (Å²) in [5, 5.41) is 5.54. The van der Waals surface area contributed by atoms with Crippen LogP contribution >= 0.6 is 0 Å². The lowest BCUT2D eigenvalue weighted by Crippen LogP contribution is -2.33. The van der Waals surface area contributed by atoms with Gasteiger partial charge in [0.05, 0.1) is 0 Å². The van der Waals surface area contributed by atoms with Crippen molar-refractivity contribution in [2.24, 2.45) is 5.92 Å². The third-order valence-corrected chi connectivity index (χ3v) is 4.57. The van der Waals surface area contributed by atoms with E-state index in [1.54, 1.807) is 30.5 Å². The quantitative estimate of drug-likeness (QED) is 0.883. The number of carbonyl (C=O) groups is 2. The Morgan fingerprint density at radius 1 is 1.08 bits per heavy atom. The van der Waals surface area contributed by atoms with E-state index in [1.807, 2.05) is 12.1 Å². The van der Waals surface area contributed by atoms with Crippen molar-refractivity contribution >= 4 is 28.9 Å². The maximum Gasteiger partial charge on any atom is 0.274 e. The van der Waals surface area contributed by atoms with E-state index < -0.39 is 0 Å². The maximum absolute atomic E-state index is 12.6. The molecule has 2 amide bonds. The van der Waals surface area contributed by atoms with Gasteiger partial charge in [-0.2, -0.15) is 0 Å². The molecule has 136 valence electrons. The number of nitrogens with one attached hydrogen (secondary N) is 2. The summed E-state index contributed by atoms with van der Waals surface area (Å²) in [5.41, 5.74) is 2.66. The Morgan fingerprint density at radius 2 is 1.77 bits per heavy atom. The maximum atomic E-state index is 12.6. The highest BCUT2D eigenvalue weighted by Crippen LogP contribution is 2.23. The van der Waals surface area contributed by atoms with Crippen molar-refractivity contribution in [3.8, 4) is 0 Å². The second kappa shape index (κ2) is 7.99. The van der Waals surface area contributed by atoms with Crippen molar-refractivity contribution in [3.63, 3.8) is 0 Å². The summed E-state index contributed by atoms with van der Waals surface area (Å²) in [5.74, 6) is 0.336. The lowest BCUT2D eigenvalue weighted by atomic mass is 9.99.